The lowest BCUT2D eigenvalue weighted by Gasteiger charge is -2.16. The Morgan fingerprint density at radius 1 is 1.03 bits per heavy atom. The first kappa shape index (κ1) is 26.7. The number of carboxylic acids is 3. The molecule has 2 aliphatic heterocycles. The standard InChI is InChI=1S/C10H16N2O3S.C6H12N2O4S2/c13-8(14)4-2-1-3-7-9-6(5-16-7)11-10(15)12-9;7-3(5(9)10)1-13-14-2-4(8)6(11)12/h6-7,9H,1-5H2,(H,13,14)(H2,11,12,15);3-4H,1-2,7-8H2,(H,9,10)(H,11,12)/t6-,7-,9-;3-,4?/m00/s1. The Bertz CT molecular complexity index is 591. The molecule has 0 aromatic heterocycles. The molecule has 0 radical (unpaired) electrons. The molecule has 2 aliphatic rings. The van der Waals surface area contributed by atoms with Gasteiger partial charge in [-0.3, -0.25) is 14.4 Å². The van der Waals surface area contributed by atoms with Gasteiger partial charge in [0, 0.05) is 28.9 Å². The monoisotopic (exact) mass is 484 g/mol. The Hall–Kier alpha value is -1.35. The van der Waals surface area contributed by atoms with Crippen molar-refractivity contribution >= 4 is 57.3 Å². The number of fused-ring (bicyclic) bond motifs is 1. The zero-order valence-electron chi connectivity index (χ0n) is 16.2. The zero-order valence-corrected chi connectivity index (χ0v) is 18.6. The van der Waals surface area contributed by atoms with E-state index in [4.69, 9.17) is 26.8 Å². The number of carboxylic acid groups (broad SMARTS) is 3. The molecule has 11 nitrogen and oxygen atoms in total. The Morgan fingerprint density at radius 3 is 2.10 bits per heavy atom. The van der Waals surface area contributed by atoms with Crippen LogP contribution >= 0.6 is 33.3 Å². The Morgan fingerprint density at radius 2 is 1.60 bits per heavy atom. The van der Waals surface area contributed by atoms with Crippen molar-refractivity contribution in [2.45, 2.75) is 55.1 Å². The molecule has 2 amide bonds. The fraction of sp³-hybridized carbons (Fsp3) is 0.750. The summed E-state index contributed by atoms with van der Waals surface area (Å²) < 4.78 is 0. The van der Waals surface area contributed by atoms with Crippen LogP contribution in [0.25, 0.3) is 0 Å². The molecule has 0 aliphatic carbocycles. The van der Waals surface area contributed by atoms with E-state index in [1.165, 1.54) is 21.6 Å². The number of unbranched alkanes of at least 4 members (excludes halogenated alkanes) is 1. The molecule has 30 heavy (non-hydrogen) atoms. The lowest BCUT2D eigenvalue weighted by Crippen LogP contribution is -2.36. The lowest BCUT2D eigenvalue weighted by molar-refractivity contribution is -0.138. The molecule has 1 unspecified atom stereocenters. The highest BCUT2D eigenvalue weighted by Gasteiger charge is 2.42. The molecule has 172 valence electrons. The Labute approximate surface area is 186 Å². The summed E-state index contributed by atoms with van der Waals surface area (Å²) >= 11 is 1.87. The number of rotatable bonds is 12. The molecule has 14 heteroatoms. The smallest absolute Gasteiger partial charge is 0.321 e. The number of hydrogen-bond acceptors (Lipinski definition) is 9. The highest BCUT2D eigenvalue weighted by Crippen LogP contribution is 2.33. The summed E-state index contributed by atoms with van der Waals surface area (Å²) in [5.41, 5.74) is 10.4. The van der Waals surface area contributed by atoms with E-state index >= 15 is 0 Å². The van der Waals surface area contributed by atoms with Crippen molar-refractivity contribution in [3.8, 4) is 0 Å². The van der Waals surface area contributed by atoms with E-state index in [-0.39, 0.29) is 36.0 Å². The van der Waals surface area contributed by atoms with Gasteiger partial charge in [0.1, 0.15) is 12.1 Å². The van der Waals surface area contributed by atoms with Crippen LogP contribution in [0.3, 0.4) is 0 Å². The minimum absolute atomic E-state index is 0.0640. The van der Waals surface area contributed by atoms with Gasteiger partial charge in [0.2, 0.25) is 0 Å². The van der Waals surface area contributed by atoms with Crippen LogP contribution in [0.4, 0.5) is 4.79 Å². The summed E-state index contributed by atoms with van der Waals surface area (Å²) in [5, 5.41) is 31.6. The van der Waals surface area contributed by atoms with Crippen LogP contribution in [-0.4, -0.2) is 85.9 Å². The van der Waals surface area contributed by atoms with Gasteiger partial charge in [-0.15, -0.1) is 0 Å². The third-order valence-electron chi connectivity index (χ3n) is 4.28. The van der Waals surface area contributed by atoms with Crippen molar-refractivity contribution in [2.75, 3.05) is 17.3 Å². The van der Waals surface area contributed by atoms with E-state index in [0.717, 1.165) is 25.0 Å². The number of carbonyl (C=O) groups is 4. The van der Waals surface area contributed by atoms with Gasteiger partial charge in [0.15, 0.2) is 0 Å². The first-order chi connectivity index (χ1) is 14.1. The fourth-order valence-corrected chi connectivity index (χ4v) is 6.42. The SMILES string of the molecule is NC(CSSC[C@H](N)C(=O)O)C(=O)O.O=C(O)CCCC[C@@H]1SC[C@@H]2NC(=O)N[C@@H]21. The van der Waals surface area contributed by atoms with E-state index in [0.29, 0.717) is 5.25 Å². The van der Waals surface area contributed by atoms with E-state index in [1.54, 1.807) is 0 Å². The van der Waals surface area contributed by atoms with Crippen LogP contribution in [0.2, 0.25) is 0 Å². The molecule has 0 spiro atoms. The van der Waals surface area contributed by atoms with Crippen molar-refractivity contribution in [1.82, 2.24) is 10.6 Å². The maximum absolute atomic E-state index is 11.1. The number of nitrogens with one attached hydrogen (secondary N) is 2. The van der Waals surface area contributed by atoms with E-state index in [1.807, 2.05) is 11.8 Å². The molecule has 0 aromatic rings. The van der Waals surface area contributed by atoms with Gasteiger partial charge in [-0.2, -0.15) is 11.8 Å². The number of thioether (sulfide) groups is 1. The maximum Gasteiger partial charge on any atom is 0.321 e. The number of carbonyl (C=O) groups excluding carboxylic acids is 1. The van der Waals surface area contributed by atoms with Gasteiger partial charge < -0.3 is 37.4 Å². The fourth-order valence-electron chi connectivity index (χ4n) is 2.65. The quantitative estimate of drug-likeness (QED) is 0.111. The third kappa shape index (κ3) is 10.1. The van der Waals surface area contributed by atoms with Crippen LogP contribution in [0.1, 0.15) is 25.7 Å². The minimum atomic E-state index is -1.07. The Kier molecular flexibility index (Phi) is 12.3. The highest BCUT2D eigenvalue weighted by molar-refractivity contribution is 8.76. The summed E-state index contributed by atoms with van der Waals surface area (Å²) in [6.07, 6.45) is 2.88. The van der Waals surface area contributed by atoms with Crippen LogP contribution in [0, 0.1) is 0 Å². The van der Waals surface area contributed by atoms with Crippen molar-refractivity contribution in [3.63, 3.8) is 0 Å². The molecule has 2 rings (SSSR count). The van der Waals surface area contributed by atoms with Crippen LogP contribution in [-0.2, 0) is 14.4 Å². The average molecular weight is 485 g/mol. The number of nitrogens with two attached hydrogens (primary N) is 2. The van der Waals surface area contributed by atoms with Crippen LogP contribution < -0.4 is 22.1 Å². The van der Waals surface area contributed by atoms with Gasteiger partial charge >= 0.3 is 23.9 Å². The number of hydrogen-bond donors (Lipinski definition) is 7. The predicted octanol–water partition coefficient (Wildman–Crippen LogP) is -0.0116. The molecule has 0 aromatic carbocycles. The number of aliphatic carboxylic acids is 3. The van der Waals surface area contributed by atoms with Crippen molar-refractivity contribution in [2.24, 2.45) is 11.5 Å². The summed E-state index contributed by atoms with van der Waals surface area (Å²) in [7, 11) is 2.41. The van der Waals surface area contributed by atoms with Crippen molar-refractivity contribution in [3.05, 3.63) is 0 Å². The second-order valence-corrected chi connectivity index (χ2v) is 10.5. The molecule has 2 heterocycles. The predicted molar refractivity (Wildman–Crippen MR) is 118 cm³/mol. The van der Waals surface area contributed by atoms with Gasteiger partial charge in [0.05, 0.1) is 12.1 Å². The summed E-state index contributed by atoms with van der Waals surface area (Å²) in [5.74, 6) is -1.44. The molecule has 9 N–H and O–H groups in total. The molecule has 2 saturated heterocycles. The van der Waals surface area contributed by atoms with E-state index < -0.39 is 30.0 Å². The van der Waals surface area contributed by atoms with Crippen molar-refractivity contribution < 1.29 is 34.5 Å². The first-order valence-corrected chi connectivity index (χ1v) is 12.8. The summed E-state index contributed by atoms with van der Waals surface area (Å²) in [6.45, 7) is 0. The highest BCUT2D eigenvalue weighted by atomic mass is 33.1. The van der Waals surface area contributed by atoms with Crippen LogP contribution in [0.15, 0.2) is 0 Å². The summed E-state index contributed by atoms with van der Waals surface area (Å²) in [6, 6.07) is -1.41. The zero-order chi connectivity index (χ0) is 22.7. The molecule has 0 bridgehead atoms. The lowest BCUT2D eigenvalue weighted by atomic mass is 10.0. The van der Waals surface area contributed by atoms with Crippen molar-refractivity contribution in [1.29, 1.82) is 0 Å². The Balaban J connectivity index is 0.000000304. The second kappa shape index (κ2) is 13.9. The van der Waals surface area contributed by atoms with Gasteiger partial charge in [0.25, 0.3) is 0 Å². The molecule has 5 atom stereocenters. The average Bonchev–Trinajstić information content (AvgIpc) is 3.21. The topological polar surface area (TPSA) is 205 Å². The van der Waals surface area contributed by atoms with Gasteiger partial charge in [-0.25, -0.2) is 4.79 Å². The second-order valence-electron chi connectivity index (χ2n) is 6.72. The number of amides is 2. The maximum atomic E-state index is 11.1. The van der Waals surface area contributed by atoms with E-state index in [2.05, 4.69) is 10.6 Å². The van der Waals surface area contributed by atoms with E-state index in [9.17, 15) is 19.2 Å². The molecule has 0 saturated carbocycles. The van der Waals surface area contributed by atoms with Gasteiger partial charge in [-0.05, 0) is 12.8 Å². The number of urea groups is 1. The van der Waals surface area contributed by atoms with Gasteiger partial charge in [-0.1, -0.05) is 28.0 Å². The minimum Gasteiger partial charge on any atom is -0.481 e. The first-order valence-electron chi connectivity index (χ1n) is 9.23. The summed E-state index contributed by atoms with van der Waals surface area (Å²) in [4.78, 5) is 42.0. The normalized spacial score (nSPS) is 23.9. The molecular weight excluding hydrogens is 456 g/mol. The third-order valence-corrected chi connectivity index (χ3v) is 8.26. The molecule has 2 fully saturated rings. The largest absolute Gasteiger partial charge is 0.481 e. The van der Waals surface area contributed by atoms with Crippen LogP contribution in [0.5, 0.6) is 0 Å². The molecular formula is C16H28N4O7S3.